The fourth-order valence-electron chi connectivity index (χ4n) is 2.16. The van der Waals surface area contributed by atoms with Gasteiger partial charge in [0, 0.05) is 17.7 Å². The van der Waals surface area contributed by atoms with Crippen molar-refractivity contribution in [1.82, 2.24) is 10.5 Å². The van der Waals surface area contributed by atoms with Gasteiger partial charge in [-0.1, -0.05) is 17.3 Å². The van der Waals surface area contributed by atoms with Gasteiger partial charge in [-0.05, 0) is 35.0 Å². The maximum Gasteiger partial charge on any atom is 0.270 e. The Labute approximate surface area is 126 Å². The third-order valence-electron chi connectivity index (χ3n) is 3.37. The Bertz CT molecular complexity index is 840. The summed E-state index contributed by atoms with van der Waals surface area (Å²) in [5, 5.41) is 13.9. The number of nitrogens with one attached hydrogen (secondary N) is 1. The maximum atomic E-state index is 12.2. The standard InChI is InChI=1S/C16H14N4O2/c17-15(18)13-3-1-12-6-14(4-2-11(12)5-13)16(21)19-7-10-8-20-22-9-10/h1-6,8-9H,7H2,(H3,17,18)(H,19,21)/p+1. The van der Waals surface area contributed by atoms with Crippen molar-refractivity contribution in [3.63, 3.8) is 0 Å². The van der Waals surface area contributed by atoms with Crippen LogP contribution in [-0.4, -0.2) is 16.9 Å². The van der Waals surface area contributed by atoms with E-state index in [0.717, 1.165) is 21.9 Å². The van der Waals surface area contributed by atoms with Crippen molar-refractivity contribution in [3.8, 4) is 0 Å². The molecule has 6 nitrogen and oxygen atoms in total. The number of hydrogen-bond donors (Lipinski definition) is 3. The number of nitrogens with zero attached hydrogens (tertiary/aromatic N) is 1. The van der Waals surface area contributed by atoms with Crippen LogP contribution in [0.3, 0.4) is 0 Å². The summed E-state index contributed by atoms with van der Waals surface area (Å²) in [6.07, 6.45) is 3.06. The number of carbonyl (C=O) groups is 1. The fourth-order valence-corrected chi connectivity index (χ4v) is 2.16. The Morgan fingerprint density at radius 2 is 1.86 bits per heavy atom. The lowest BCUT2D eigenvalue weighted by atomic mass is 10.0. The van der Waals surface area contributed by atoms with E-state index < -0.39 is 0 Å². The van der Waals surface area contributed by atoms with Crippen LogP contribution >= 0.6 is 0 Å². The minimum absolute atomic E-state index is 0.155. The van der Waals surface area contributed by atoms with Gasteiger partial charge in [-0.3, -0.25) is 15.9 Å². The van der Waals surface area contributed by atoms with Gasteiger partial charge in [0.2, 0.25) is 0 Å². The molecule has 2 aromatic carbocycles. The number of hydrogen-bond acceptors (Lipinski definition) is 3. The van der Waals surface area contributed by atoms with Gasteiger partial charge in [-0.15, -0.1) is 0 Å². The molecule has 0 saturated carbocycles. The fraction of sp³-hybridized carbons (Fsp3) is 0.0625. The van der Waals surface area contributed by atoms with Crippen LogP contribution in [0.5, 0.6) is 0 Å². The summed E-state index contributed by atoms with van der Waals surface area (Å²) in [5.41, 5.74) is 7.76. The van der Waals surface area contributed by atoms with Crippen molar-refractivity contribution in [2.24, 2.45) is 5.73 Å². The molecule has 3 aromatic rings. The topological polar surface area (TPSA) is 107 Å². The number of amides is 1. The largest absolute Gasteiger partial charge is 0.364 e. The average molecular weight is 295 g/mol. The van der Waals surface area contributed by atoms with Gasteiger partial charge in [0.1, 0.15) is 6.26 Å². The highest BCUT2D eigenvalue weighted by molar-refractivity contribution is 6.01. The molecule has 3 rings (SSSR count). The third kappa shape index (κ3) is 2.80. The molecule has 5 N–H and O–H groups in total. The van der Waals surface area contributed by atoms with Crippen LogP contribution in [-0.2, 0) is 6.54 Å². The molecular weight excluding hydrogens is 280 g/mol. The molecule has 0 spiro atoms. The summed E-state index contributed by atoms with van der Waals surface area (Å²) < 4.78 is 4.72. The zero-order chi connectivity index (χ0) is 15.5. The summed E-state index contributed by atoms with van der Waals surface area (Å²) in [4.78, 5) is 12.2. The van der Waals surface area contributed by atoms with E-state index in [1.807, 2.05) is 30.3 Å². The maximum absolute atomic E-state index is 12.2. The van der Waals surface area contributed by atoms with E-state index in [0.29, 0.717) is 12.1 Å². The molecule has 0 bridgehead atoms. The number of aromatic nitrogens is 1. The van der Waals surface area contributed by atoms with Crippen LogP contribution in [0.15, 0.2) is 53.4 Å². The second kappa shape index (κ2) is 5.69. The minimum atomic E-state index is -0.155. The smallest absolute Gasteiger partial charge is 0.270 e. The van der Waals surface area contributed by atoms with E-state index in [2.05, 4.69) is 10.5 Å². The van der Waals surface area contributed by atoms with E-state index in [-0.39, 0.29) is 11.7 Å². The lowest BCUT2D eigenvalue weighted by Crippen LogP contribution is -2.46. The van der Waals surface area contributed by atoms with Crippen molar-refractivity contribution in [3.05, 3.63) is 65.5 Å². The van der Waals surface area contributed by atoms with Crippen LogP contribution in [0.2, 0.25) is 0 Å². The Hall–Kier alpha value is -3.15. The zero-order valence-corrected chi connectivity index (χ0v) is 11.7. The van der Waals surface area contributed by atoms with Crippen LogP contribution in [0, 0.1) is 0 Å². The zero-order valence-electron chi connectivity index (χ0n) is 11.7. The van der Waals surface area contributed by atoms with Crippen LogP contribution in [0.25, 0.3) is 10.8 Å². The highest BCUT2D eigenvalue weighted by Gasteiger charge is 2.08. The lowest BCUT2D eigenvalue weighted by Gasteiger charge is -2.05. The molecule has 0 atom stereocenters. The van der Waals surface area contributed by atoms with Gasteiger partial charge in [0.25, 0.3) is 11.7 Å². The first-order valence-electron chi connectivity index (χ1n) is 6.72. The molecule has 0 saturated heterocycles. The van der Waals surface area contributed by atoms with E-state index >= 15 is 0 Å². The first kappa shape index (κ1) is 13.8. The number of rotatable bonds is 4. The molecule has 6 heteroatoms. The Kier molecular flexibility index (Phi) is 3.57. The molecule has 0 aliphatic heterocycles. The van der Waals surface area contributed by atoms with Crippen molar-refractivity contribution >= 4 is 22.5 Å². The first-order valence-corrected chi connectivity index (χ1v) is 6.72. The molecule has 0 aliphatic rings. The Morgan fingerprint density at radius 1 is 1.18 bits per heavy atom. The number of amidine groups is 1. The molecule has 1 heterocycles. The van der Waals surface area contributed by atoms with Crippen molar-refractivity contribution in [2.45, 2.75) is 6.54 Å². The summed E-state index contributed by atoms with van der Waals surface area (Å²) in [6.45, 7) is 0.373. The minimum Gasteiger partial charge on any atom is -0.364 e. The molecule has 0 radical (unpaired) electrons. The second-order valence-electron chi connectivity index (χ2n) is 4.95. The monoisotopic (exact) mass is 295 g/mol. The van der Waals surface area contributed by atoms with E-state index in [1.54, 1.807) is 12.3 Å². The number of fused-ring (bicyclic) bond motifs is 1. The molecule has 1 aromatic heterocycles. The van der Waals surface area contributed by atoms with Gasteiger partial charge in [-0.25, -0.2) is 0 Å². The molecule has 110 valence electrons. The highest BCUT2D eigenvalue weighted by Crippen LogP contribution is 2.18. The SMILES string of the molecule is NC(=[NH2+])c1ccc2cc(C(=O)NCc3cnoc3)ccc2c1. The molecule has 0 unspecified atom stereocenters. The molecule has 0 aliphatic carbocycles. The first-order chi connectivity index (χ1) is 10.6. The summed E-state index contributed by atoms with van der Waals surface area (Å²) in [5.74, 6) is 0.120. The second-order valence-corrected chi connectivity index (χ2v) is 4.95. The predicted molar refractivity (Wildman–Crippen MR) is 81.8 cm³/mol. The summed E-state index contributed by atoms with van der Waals surface area (Å²) in [6, 6.07) is 11.1. The van der Waals surface area contributed by atoms with Gasteiger partial charge >= 0.3 is 0 Å². The molecule has 0 fully saturated rings. The van der Waals surface area contributed by atoms with Crippen molar-refractivity contribution in [2.75, 3.05) is 0 Å². The van der Waals surface area contributed by atoms with Crippen LogP contribution < -0.4 is 16.5 Å². The number of benzene rings is 2. The molecule has 22 heavy (non-hydrogen) atoms. The van der Waals surface area contributed by atoms with Crippen molar-refractivity contribution < 1.29 is 14.7 Å². The van der Waals surface area contributed by atoms with Gasteiger partial charge < -0.3 is 9.84 Å². The summed E-state index contributed by atoms with van der Waals surface area (Å²) in [7, 11) is 0. The molecular formula is C16H15N4O2+. The summed E-state index contributed by atoms with van der Waals surface area (Å²) >= 11 is 0. The van der Waals surface area contributed by atoms with Crippen LogP contribution in [0.4, 0.5) is 0 Å². The Morgan fingerprint density at radius 3 is 2.50 bits per heavy atom. The van der Waals surface area contributed by atoms with Gasteiger partial charge in [-0.2, -0.15) is 0 Å². The average Bonchev–Trinajstić information content (AvgIpc) is 3.05. The Balaban J connectivity index is 1.80. The van der Waals surface area contributed by atoms with E-state index in [1.165, 1.54) is 6.26 Å². The van der Waals surface area contributed by atoms with Gasteiger partial charge in [0.05, 0.1) is 11.8 Å². The van der Waals surface area contributed by atoms with Gasteiger partial charge in [0.15, 0.2) is 0 Å². The molecule has 1 amide bonds. The lowest BCUT2D eigenvalue weighted by molar-refractivity contribution is -0.114. The van der Waals surface area contributed by atoms with Crippen LogP contribution in [0.1, 0.15) is 21.5 Å². The van der Waals surface area contributed by atoms with E-state index in [9.17, 15) is 4.79 Å². The van der Waals surface area contributed by atoms with Crippen molar-refractivity contribution in [1.29, 1.82) is 0 Å². The van der Waals surface area contributed by atoms with E-state index in [4.69, 9.17) is 15.7 Å². The highest BCUT2D eigenvalue weighted by atomic mass is 16.5. The normalized spacial score (nSPS) is 10.5. The third-order valence-corrected chi connectivity index (χ3v) is 3.37. The number of nitrogens with two attached hydrogens (primary N) is 2. The predicted octanol–water partition coefficient (Wildman–Crippen LogP) is 0.222. The number of carbonyl (C=O) groups excluding carboxylic acids is 1. The quantitative estimate of drug-likeness (QED) is 0.473.